The minimum absolute atomic E-state index is 0.235. The van der Waals surface area contributed by atoms with Gasteiger partial charge in [-0.3, -0.25) is 10.1 Å². The molecule has 0 bridgehead atoms. The Kier molecular flexibility index (Phi) is 2.08. The lowest BCUT2D eigenvalue weighted by Crippen LogP contribution is -2.36. The SMILES string of the molecule is O=C1NC(=O)C(CNCl)N1. The zero-order valence-corrected chi connectivity index (χ0v) is 5.73. The first-order chi connectivity index (χ1) is 4.74. The molecule has 6 heteroatoms. The van der Waals surface area contributed by atoms with Gasteiger partial charge in [-0.2, -0.15) is 0 Å². The third-order valence-electron chi connectivity index (χ3n) is 1.14. The van der Waals surface area contributed by atoms with Crippen molar-refractivity contribution in [2.24, 2.45) is 0 Å². The topological polar surface area (TPSA) is 70.2 Å². The molecule has 3 N–H and O–H groups in total. The lowest BCUT2D eigenvalue weighted by Gasteiger charge is -2.01. The van der Waals surface area contributed by atoms with Crippen LogP contribution in [-0.2, 0) is 4.79 Å². The molecule has 0 aromatic heterocycles. The summed E-state index contributed by atoms with van der Waals surface area (Å²) in [7, 11) is 0. The maximum absolute atomic E-state index is 10.7. The molecule has 1 rings (SSSR count). The lowest BCUT2D eigenvalue weighted by atomic mass is 10.3. The third-order valence-corrected chi connectivity index (χ3v) is 1.29. The van der Waals surface area contributed by atoms with E-state index in [1.165, 1.54) is 0 Å². The molecule has 10 heavy (non-hydrogen) atoms. The molecule has 56 valence electrons. The van der Waals surface area contributed by atoms with Crippen LogP contribution >= 0.6 is 11.8 Å². The van der Waals surface area contributed by atoms with Gasteiger partial charge in [0.25, 0.3) is 5.91 Å². The van der Waals surface area contributed by atoms with Crippen LogP contribution in [0.4, 0.5) is 4.79 Å². The summed E-state index contributed by atoms with van der Waals surface area (Å²) in [5.41, 5.74) is 0. The molecule has 1 unspecified atom stereocenters. The summed E-state index contributed by atoms with van der Waals surface area (Å²) in [6.07, 6.45) is 0. The molecule has 5 nitrogen and oxygen atoms in total. The van der Waals surface area contributed by atoms with E-state index < -0.39 is 12.1 Å². The maximum atomic E-state index is 10.7. The molecule has 0 aromatic rings. The molecule has 1 heterocycles. The lowest BCUT2D eigenvalue weighted by molar-refractivity contribution is -0.120. The van der Waals surface area contributed by atoms with Crippen molar-refractivity contribution in [3.05, 3.63) is 0 Å². The Labute approximate surface area is 62.2 Å². The van der Waals surface area contributed by atoms with Gasteiger partial charge in [0.2, 0.25) is 0 Å². The monoisotopic (exact) mass is 163 g/mol. The van der Waals surface area contributed by atoms with E-state index in [4.69, 9.17) is 11.8 Å². The molecule has 1 saturated heterocycles. The third kappa shape index (κ3) is 1.37. The summed E-state index contributed by atoms with van der Waals surface area (Å²) in [5, 5.41) is 4.42. The Hall–Kier alpha value is -0.810. The first-order valence-electron chi connectivity index (χ1n) is 2.69. The molecule has 1 fully saturated rings. The quantitative estimate of drug-likeness (QED) is 0.359. The molecule has 0 saturated carbocycles. The molecule has 1 atom stereocenters. The van der Waals surface area contributed by atoms with Crippen LogP contribution in [-0.4, -0.2) is 24.5 Å². The van der Waals surface area contributed by atoms with Crippen molar-refractivity contribution < 1.29 is 9.59 Å². The number of carbonyl (C=O) groups excluding carboxylic acids is 2. The van der Waals surface area contributed by atoms with E-state index in [0.717, 1.165) is 0 Å². The number of nitrogens with one attached hydrogen (secondary N) is 3. The fraction of sp³-hybridized carbons (Fsp3) is 0.500. The minimum atomic E-state index is -0.537. The van der Waals surface area contributed by atoms with E-state index in [0.29, 0.717) is 0 Å². The predicted molar refractivity (Wildman–Crippen MR) is 34.3 cm³/mol. The largest absolute Gasteiger partial charge is 0.325 e. The maximum Gasteiger partial charge on any atom is 0.322 e. The van der Waals surface area contributed by atoms with Crippen molar-refractivity contribution in [2.45, 2.75) is 6.04 Å². The smallest absolute Gasteiger partial charge is 0.322 e. The van der Waals surface area contributed by atoms with Gasteiger partial charge < -0.3 is 5.32 Å². The summed E-state index contributed by atoms with van der Waals surface area (Å²) in [6.45, 7) is 0.235. The van der Waals surface area contributed by atoms with E-state index in [9.17, 15) is 9.59 Å². The summed E-state index contributed by atoms with van der Waals surface area (Å²) in [5.74, 6) is -0.349. The zero-order valence-electron chi connectivity index (χ0n) is 4.98. The van der Waals surface area contributed by atoms with E-state index in [2.05, 4.69) is 15.5 Å². The van der Waals surface area contributed by atoms with Gasteiger partial charge in [0, 0.05) is 6.54 Å². The summed E-state index contributed by atoms with van der Waals surface area (Å²) < 4.78 is 0. The molecule has 0 radical (unpaired) electrons. The Morgan fingerprint density at radius 2 is 2.30 bits per heavy atom. The second-order valence-electron chi connectivity index (χ2n) is 1.85. The van der Waals surface area contributed by atoms with Gasteiger partial charge in [0.05, 0.1) is 0 Å². The summed E-state index contributed by atoms with van der Waals surface area (Å²) in [4.78, 5) is 23.4. The second kappa shape index (κ2) is 2.85. The minimum Gasteiger partial charge on any atom is -0.325 e. The zero-order chi connectivity index (χ0) is 7.56. The number of urea groups is 1. The number of carbonyl (C=O) groups is 2. The second-order valence-corrected chi connectivity index (χ2v) is 2.12. The van der Waals surface area contributed by atoms with E-state index in [-0.39, 0.29) is 12.5 Å². The van der Waals surface area contributed by atoms with Crippen LogP contribution in [0.3, 0.4) is 0 Å². The Morgan fingerprint density at radius 3 is 2.70 bits per heavy atom. The predicted octanol–water partition coefficient (Wildman–Crippen LogP) is -1.06. The average molecular weight is 164 g/mol. The van der Waals surface area contributed by atoms with E-state index in [1.54, 1.807) is 0 Å². The van der Waals surface area contributed by atoms with Gasteiger partial charge in [-0.15, -0.1) is 0 Å². The van der Waals surface area contributed by atoms with Gasteiger partial charge in [-0.05, 0) is 11.8 Å². The van der Waals surface area contributed by atoms with Crippen molar-refractivity contribution in [2.75, 3.05) is 6.54 Å². The van der Waals surface area contributed by atoms with E-state index in [1.807, 2.05) is 0 Å². The molecule has 3 amide bonds. The van der Waals surface area contributed by atoms with Crippen LogP contribution in [0.1, 0.15) is 0 Å². The standard InChI is InChI=1S/C4H6ClN3O2/c5-6-1-2-3(9)8-4(10)7-2/h2,6H,1H2,(H2,7,8,9,10). The number of hydrogen-bond acceptors (Lipinski definition) is 3. The van der Waals surface area contributed by atoms with Crippen LogP contribution in [0.2, 0.25) is 0 Å². The number of amides is 3. The molecular weight excluding hydrogens is 158 g/mol. The van der Waals surface area contributed by atoms with Gasteiger partial charge in [-0.1, -0.05) is 0 Å². The molecule has 1 aliphatic heterocycles. The van der Waals surface area contributed by atoms with Gasteiger partial charge >= 0.3 is 6.03 Å². The molecule has 0 aromatic carbocycles. The first kappa shape index (κ1) is 7.30. The normalized spacial score (nSPS) is 24.3. The van der Waals surface area contributed by atoms with Crippen LogP contribution in [0.15, 0.2) is 0 Å². The number of imide groups is 1. The van der Waals surface area contributed by atoms with Crippen molar-refractivity contribution in [3.63, 3.8) is 0 Å². The number of halogens is 1. The molecular formula is C4H6ClN3O2. The highest BCUT2D eigenvalue weighted by molar-refractivity contribution is 6.14. The highest BCUT2D eigenvalue weighted by atomic mass is 35.5. The van der Waals surface area contributed by atoms with Crippen molar-refractivity contribution in [3.8, 4) is 0 Å². The molecule has 0 aliphatic carbocycles. The summed E-state index contributed by atoms with van der Waals surface area (Å²) >= 11 is 5.11. The first-order valence-corrected chi connectivity index (χ1v) is 3.06. The summed E-state index contributed by atoms with van der Waals surface area (Å²) in [6, 6.07) is -1.01. The number of hydrogen-bond donors (Lipinski definition) is 3. The molecule has 0 spiro atoms. The fourth-order valence-corrected chi connectivity index (χ4v) is 0.834. The Bertz CT molecular complexity index is 172. The average Bonchev–Trinajstić information content (AvgIpc) is 2.13. The van der Waals surface area contributed by atoms with Gasteiger partial charge in [0.15, 0.2) is 0 Å². The van der Waals surface area contributed by atoms with Gasteiger partial charge in [-0.25, -0.2) is 9.63 Å². The highest BCUT2D eigenvalue weighted by Gasteiger charge is 2.28. The Morgan fingerprint density at radius 1 is 1.60 bits per heavy atom. The van der Waals surface area contributed by atoms with Crippen LogP contribution in [0, 0.1) is 0 Å². The van der Waals surface area contributed by atoms with Crippen molar-refractivity contribution >= 4 is 23.7 Å². The van der Waals surface area contributed by atoms with E-state index >= 15 is 0 Å². The Balaban J connectivity index is 2.46. The van der Waals surface area contributed by atoms with Crippen molar-refractivity contribution in [1.82, 2.24) is 15.5 Å². The fourth-order valence-electron chi connectivity index (χ4n) is 0.680. The number of rotatable bonds is 2. The van der Waals surface area contributed by atoms with Crippen LogP contribution < -0.4 is 15.5 Å². The van der Waals surface area contributed by atoms with Gasteiger partial charge in [0.1, 0.15) is 6.04 Å². The molecule has 1 aliphatic rings. The van der Waals surface area contributed by atoms with Crippen LogP contribution in [0.5, 0.6) is 0 Å². The highest BCUT2D eigenvalue weighted by Crippen LogP contribution is 1.90. The van der Waals surface area contributed by atoms with Crippen LogP contribution in [0.25, 0.3) is 0 Å². The van der Waals surface area contributed by atoms with Crippen molar-refractivity contribution in [1.29, 1.82) is 0 Å².